The molecule has 0 radical (unpaired) electrons. The molecule has 0 aliphatic heterocycles. The number of nitrogens with zero attached hydrogens (tertiary/aromatic N) is 2. The molecule has 0 bridgehead atoms. The number of ketones is 1. The molecular formula is C16H22N2O3. The maximum atomic E-state index is 11.4. The Labute approximate surface area is 125 Å². The summed E-state index contributed by atoms with van der Waals surface area (Å²) >= 11 is 0. The number of anilines is 1. The van der Waals surface area contributed by atoms with E-state index in [4.69, 9.17) is 0 Å². The van der Waals surface area contributed by atoms with Crippen molar-refractivity contribution in [2.24, 2.45) is 5.92 Å². The summed E-state index contributed by atoms with van der Waals surface area (Å²) in [5, 5.41) is 11.3. The number of carbonyl (C=O) groups excluding carboxylic acids is 1. The molecule has 1 saturated carbocycles. The van der Waals surface area contributed by atoms with E-state index in [-0.39, 0.29) is 11.5 Å². The lowest BCUT2D eigenvalue weighted by molar-refractivity contribution is -0.384. The fourth-order valence-corrected chi connectivity index (χ4v) is 3.24. The molecule has 21 heavy (non-hydrogen) atoms. The number of hydrogen-bond donors (Lipinski definition) is 0. The summed E-state index contributed by atoms with van der Waals surface area (Å²) in [6, 6.07) is 5.09. The third-order valence-corrected chi connectivity index (χ3v) is 4.52. The van der Waals surface area contributed by atoms with Crippen molar-refractivity contribution >= 4 is 17.2 Å². The lowest BCUT2D eigenvalue weighted by atomic mass is 9.85. The quantitative estimate of drug-likeness (QED) is 0.480. The van der Waals surface area contributed by atoms with Crippen molar-refractivity contribution < 1.29 is 9.72 Å². The zero-order chi connectivity index (χ0) is 15.6. The van der Waals surface area contributed by atoms with Crippen molar-refractivity contribution in [3.63, 3.8) is 0 Å². The van der Waals surface area contributed by atoms with Gasteiger partial charge < -0.3 is 4.90 Å². The van der Waals surface area contributed by atoms with Gasteiger partial charge in [0, 0.05) is 24.7 Å². The van der Waals surface area contributed by atoms with Crippen molar-refractivity contribution in [3.8, 4) is 0 Å². The largest absolute Gasteiger partial charge is 0.366 e. The average molecular weight is 290 g/mol. The van der Waals surface area contributed by atoms with Gasteiger partial charge in [-0.2, -0.15) is 0 Å². The summed E-state index contributed by atoms with van der Waals surface area (Å²) in [5.74, 6) is 0.370. The first-order valence-corrected chi connectivity index (χ1v) is 7.44. The number of carbonyl (C=O) groups is 1. The summed E-state index contributed by atoms with van der Waals surface area (Å²) in [5.41, 5.74) is 1.00. The Morgan fingerprint density at radius 1 is 1.33 bits per heavy atom. The molecule has 0 spiro atoms. The fourth-order valence-electron chi connectivity index (χ4n) is 3.24. The van der Waals surface area contributed by atoms with Crippen LogP contribution in [0.15, 0.2) is 18.2 Å². The van der Waals surface area contributed by atoms with Gasteiger partial charge in [0.15, 0.2) is 5.78 Å². The molecule has 5 nitrogen and oxygen atoms in total. The topological polar surface area (TPSA) is 63.5 Å². The van der Waals surface area contributed by atoms with Gasteiger partial charge in [0.1, 0.15) is 5.69 Å². The van der Waals surface area contributed by atoms with Crippen LogP contribution >= 0.6 is 0 Å². The number of hydrogen-bond acceptors (Lipinski definition) is 4. The first kappa shape index (κ1) is 15.5. The van der Waals surface area contributed by atoms with Crippen LogP contribution in [0.4, 0.5) is 11.4 Å². The third-order valence-electron chi connectivity index (χ3n) is 4.52. The Bertz CT molecular complexity index is 556. The van der Waals surface area contributed by atoms with Gasteiger partial charge >= 0.3 is 0 Å². The lowest BCUT2D eigenvalue weighted by Gasteiger charge is -2.37. The zero-order valence-corrected chi connectivity index (χ0v) is 12.8. The number of benzene rings is 1. The van der Waals surface area contributed by atoms with E-state index in [0.717, 1.165) is 12.8 Å². The molecular weight excluding hydrogens is 268 g/mol. The summed E-state index contributed by atoms with van der Waals surface area (Å²) < 4.78 is 0. The molecule has 114 valence electrons. The summed E-state index contributed by atoms with van der Waals surface area (Å²) in [6.45, 7) is 3.63. The minimum atomic E-state index is -0.397. The Morgan fingerprint density at radius 3 is 2.57 bits per heavy atom. The highest BCUT2D eigenvalue weighted by Crippen LogP contribution is 2.35. The first-order valence-electron chi connectivity index (χ1n) is 7.44. The molecule has 2 rings (SSSR count). The van der Waals surface area contributed by atoms with Gasteiger partial charge in [0.05, 0.1) is 4.92 Å². The highest BCUT2D eigenvalue weighted by atomic mass is 16.6. The second-order valence-corrected chi connectivity index (χ2v) is 5.96. The van der Waals surface area contributed by atoms with Crippen LogP contribution in [0.2, 0.25) is 0 Å². The van der Waals surface area contributed by atoms with Gasteiger partial charge in [0.2, 0.25) is 0 Å². The Morgan fingerprint density at radius 2 is 2.00 bits per heavy atom. The first-order chi connectivity index (χ1) is 9.91. The van der Waals surface area contributed by atoms with Gasteiger partial charge in [-0.1, -0.05) is 19.8 Å². The van der Waals surface area contributed by atoms with Crippen LogP contribution in [0, 0.1) is 16.0 Å². The maximum Gasteiger partial charge on any atom is 0.293 e. The van der Waals surface area contributed by atoms with Crippen LogP contribution in [0.1, 0.15) is 49.9 Å². The molecule has 5 heteroatoms. The van der Waals surface area contributed by atoms with Crippen LogP contribution in [0.3, 0.4) is 0 Å². The van der Waals surface area contributed by atoms with E-state index in [9.17, 15) is 14.9 Å². The number of nitro benzene ring substituents is 1. The summed E-state index contributed by atoms with van der Waals surface area (Å²) in [7, 11) is 1.92. The molecule has 1 aromatic rings. The van der Waals surface area contributed by atoms with Gasteiger partial charge in [-0.25, -0.2) is 0 Å². The maximum absolute atomic E-state index is 11.4. The minimum Gasteiger partial charge on any atom is -0.366 e. The molecule has 1 aliphatic carbocycles. The molecule has 0 heterocycles. The second-order valence-electron chi connectivity index (χ2n) is 5.96. The van der Waals surface area contributed by atoms with Gasteiger partial charge in [0.25, 0.3) is 5.69 Å². The van der Waals surface area contributed by atoms with E-state index in [1.54, 1.807) is 12.1 Å². The number of rotatable bonds is 4. The monoisotopic (exact) mass is 290 g/mol. The highest BCUT2D eigenvalue weighted by molar-refractivity contribution is 5.95. The standard InChI is InChI=1S/C16H22N2O3/c1-11-6-4-5-7-14(11)17(3)15-9-8-13(12(2)19)10-16(15)18(20)21/h8-11,14H,4-7H2,1-3H3. The van der Waals surface area contributed by atoms with Crippen LogP contribution in [-0.2, 0) is 0 Å². The van der Waals surface area contributed by atoms with Gasteiger partial charge in [-0.05, 0) is 37.8 Å². The van der Waals surface area contributed by atoms with E-state index in [0.29, 0.717) is 23.2 Å². The minimum absolute atomic E-state index is 0.0166. The fraction of sp³-hybridized carbons (Fsp3) is 0.562. The van der Waals surface area contributed by atoms with Crippen molar-refractivity contribution in [1.82, 2.24) is 0 Å². The Hall–Kier alpha value is -1.91. The number of Topliss-reactive ketones (excluding diaryl/α,β-unsaturated/α-hetero) is 1. The molecule has 0 amide bonds. The van der Waals surface area contributed by atoms with Crippen molar-refractivity contribution in [1.29, 1.82) is 0 Å². The van der Waals surface area contributed by atoms with Crippen LogP contribution in [0.25, 0.3) is 0 Å². The second kappa shape index (κ2) is 6.24. The molecule has 1 fully saturated rings. The smallest absolute Gasteiger partial charge is 0.293 e. The van der Waals surface area contributed by atoms with Crippen molar-refractivity contribution in [2.75, 3.05) is 11.9 Å². The number of nitro groups is 1. The predicted molar refractivity (Wildman–Crippen MR) is 82.9 cm³/mol. The molecule has 0 aromatic heterocycles. The van der Waals surface area contributed by atoms with Crippen LogP contribution in [0.5, 0.6) is 0 Å². The Balaban J connectivity index is 2.37. The molecule has 0 saturated heterocycles. The summed E-state index contributed by atoms with van der Waals surface area (Å²) in [4.78, 5) is 24.4. The van der Waals surface area contributed by atoms with Crippen molar-refractivity contribution in [3.05, 3.63) is 33.9 Å². The molecule has 0 N–H and O–H groups in total. The SMILES string of the molecule is CC(=O)c1ccc(N(C)C2CCCCC2C)c([N+](=O)[O-])c1. The predicted octanol–water partition coefficient (Wildman–Crippen LogP) is 3.81. The van der Waals surface area contributed by atoms with E-state index < -0.39 is 4.92 Å². The van der Waals surface area contributed by atoms with Crippen LogP contribution < -0.4 is 4.90 Å². The lowest BCUT2D eigenvalue weighted by Crippen LogP contribution is -2.39. The summed E-state index contributed by atoms with van der Waals surface area (Å²) in [6.07, 6.45) is 4.62. The van der Waals surface area contributed by atoms with Gasteiger partial charge in [-0.15, -0.1) is 0 Å². The van der Waals surface area contributed by atoms with Crippen LogP contribution in [-0.4, -0.2) is 23.8 Å². The molecule has 2 atom stereocenters. The Kier molecular flexibility index (Phi) is 4.60. The highest BCUT2D eigenvalue weighted by Gasteiger charge is 2.29. The third kappa shape index (κ3) is 3.23. The van der Waals surface area contributed by atoms with E-state index in [1.807, 2.05) is 11.9 Å². The van der Waals surface area contributed by atoms with E-state index in [1.165, 1.54) is 25.8 Å². The van der Waals surface area contributed by atoms with Crippen molar-refractivity contribution in [2.45, 2.75) is 45.6 Å². The van der Waals surface area contributed by atoms with E-state index >= 15 is 0 Å². The van der Waals surface area contributed by atoms with E-state index in [2.05, 4.69) is 6.92 Å². The zero-order valence-electron chi connectivity index (χ0n) is 12.8. The average Bonchev–Trinajstić information content (AvgIpc) is 2.46. The molecule has 2 unspecified atom stereocenters. The molecule has 1 aliphatic rings. The normalized spacial score (nSPS) is 21.9. The van der Waals surface area contributed by atoms with Gasteiger partial charge in [-0.3, -0.25) is 14.9 Å². The molecule has 1 aromatic carbocycles.